The minimum atomic E-state index is 0.686. The zero-order chi connectivity index (χ0) is 21.7. The van der Waals surface area contributed by atoms with E-state index in [1.54, 1.807) is 37.0 Å². The molecular weight excluding hydrogens is 420 g/mol. The summed E-state index contributed by atoms with van der Waals surface area (Å²) in [6, 6.07) is 14.4. The highest BCUT2D eigenvalue weighted by atomic mass is 32.1. The van der Waals surface area contributed by atoms with E-state index in [1.165, 1.54) is 9.75 Å². The van der Waals surface area contributed by atoms with Crippen LogP contribution in [-0.4, -0.2) is 37.2 Å². The number of hydrogen-bond acceptors (Lipinski definition) is 6. The first-order valence-corrected chi connectivity index (χ1v) is 10.9. The van der Waals surface area contributed by atoms with Gasteiger partial charge in [-0.2, -0.15) is 5.10 Å². The number of nitrogens with one attached hydrogen (secondary N) is 2. The smallest absolute Gasteiger partial charge is 0.159 e. The van der Waals surface area contributed by atoms with E-state index in [-0.39, 0.29) is 0 Å². The Balaban J connectivity index is 1.49. The molecule has 0 aliphatic carbocycles. The van der Waals surface area contributed by atoms with E-state index in [9.17, 15) is 0 Å². The third kappa shape index (κ3) is 3.04. The molecule has 6 rings (SSSR count). The lowest BCUT2D eigenvalue weighted by Crippen LogP contribution is -1.88. The highest BCUT2D eigenvalue weighted by molar-refractivity contribution is 7.15. The lowest BCUT2D eigenvalue weighted by molar-refractivity contribution is 0.413. The third-order valence-corrected chi connectivity index (χ3v) is 6.47. The van der Waals surface area contributed by atoms with Crippen molar-refractivity contribution < 1.29 is 4.74 Å². The molecule has 0 unspecified atom stereocenters. The van der Waals surface area contributed by atoms with Crippen LogP contribution >= 0.6 is 11.3 Å². The number of aromatic amines is 2. The summed E-state index contributed by atoms with van der Waals surface area (Å²) in [6.07, 6.45) is 5.22. The summed E-state index contributed by atoms with van der Waals surface area (Å²) in [4.78, 5) is 19.7. The first-order chi connectivity index (χ1) is 15.7. The van der Waals surface area contributed by atoms with Crippen molar-refractivity contribution in [2.75, 3.05) is 7.11 Å². The van der Waals surface area contributed by atoms with Crippen molar-refractivity contribution in [2.24, 2.45) is 0 Å². The highest BCUT2D eigenvalue weighted by Crippen LogP contribution is 2.35. The molecule has 0 aliphatic heterocycles. The first-order valence-electron chi connectivity index (χ1n) is 10.1. The van der Waals surface area contributed by atoms with Crippen LogP contribution in [0.1, 0.15) is 4.88 Å². The molecule has 8 heteroatoms. The molecule has 0 atom stereocenters. The topological polar surface area (TPSA) is 92.4 Å². The predicted octanol–water partition coefficient (Wildman–Crippen LogP) is 5.61. The van der Waals surface area contributed by atoms with Crippen molar-refractivity contribution in [2.45, 2.75) is 6.92 Å². The molecule has 6 aromatic rings. The van der Waals surface area contributed by atoms with Gasteiger partial charge in [-0.15, -0.1) is 11.3 Å². The van der Waals surface area contributed by atoms with E-state index in [0.29, 0.717) is 11.6 Å². The van der Waals surface area contributed by atoms with Gasteiger partial charge in [0.25, 0.3) is 0 Å². The standard InChI is InChI=1S/C24H18N6OS/c1-13-6-7-21(32-13)16-4-3-5-18-22(16)28-24(27-18)23-17-9-19(26-12-20(17)29-30-23)14-8-15(31-2)11-25-10-14/h3-12H,1-2H3,(H,27,28)(H,29,30). The Morgan fingerprint density at radius 3 is 2.78 bits per heavy atom. The SMILES string of the molecule is COc1cncc(-c2cc3c(-c4nc5c(-c6ccc(C)s6)cccc5[nH]4)n[nH]c3cn2)c1. The normalized spacial score (nSPS) is 11.4. The number of benzene rings is 1. The summed E-state index contributed by atoms with van der Waals surface area (Å²) in [5, 5.41) is 8.55. The van der Waals surface area contributed by atoms with Gasteiger partial charge in [0.1, 0.15) is 11.4 Å². The number of ether oxygens (including phenoxy) is 1. The second kappa shape index (κ2) is 7.28. The van der Waals surface area contributed by atoms with Crippen LogP contribution < -0.4 is 4.74 Å². The molecule has 0 spiro atoms. The monoisotopic (exact) mass is 438 g/mol. The Morgan fingerprint density at radius 2 is 1.94 bits per heavy atom. The Hall–Kier alpha value is -4.04. The summed E-state index contributed by atoms with van der Waals surface area (Å²) >= 11 is 1.77. The predicted molar refractivity (Wildman–Crippen MR) is 127 cm³/mol. The molecule has 0 saturated heterocycles. The number of nitrogens with zero attached hydrogens (tertiary/aromatic N) is 4. The molecule has 7 nitrogen and oxygen atoms in total. The number of para-hydroxylation sites is 1. The molecule has 1 aromatic carbocycles. The minimum absolute atomic E-state index is 0.686. The third-order valence-electron chi connectivity index (χ3n) is 5.43. The summed E-state index contributed by atoms with van der Waals surface area (Å²) in [6.45, 7) is 2.11. The van der Waals surface area contributed by atoms with E-state index in [1.807, 2.05) is 18.2 Å². The number of thiophene rings is 1. The maximum absolute atomic E-state index is 5.30. The van der Waals surface area contributed by atoms with Crippen molar-refractivity contribution in [3.8, 4) is 39.0 Å². The van der Waals surface area contributed by atoms with Gasteiger partial charge in [0.2, 0.25) is 0 Å². The molecule has 32 heavy (non-hydrogen) atoms. The van der Waals surface area contributed by atoms with Gasteiger partial charge in [-0.1, -0.05) is 12.1 Å². The second-order valence-electron chi connectivity index (χ2n) is 7.50. The highest BCUT2D eigenvalue weighted by Gasteiger charge is 2.16. The van der Waals surface area contributed by atoms with Gasteiger partial charge in [-0.3, -0.25) is 15.1 Å². The molecule has 0 saturated carbocycles. The van der Waals surface area contributed by atoms with Gasteiger partial charge in [0, 0.05) is 32.5 Å². The fourth-order valence-electron chi connectivity index (χ4n) is 3.85. The number of pyridine rings is 2. The molecule has 0 fully saturated rings. The Labute approximate surface area is 187 Å². The van der Waals surface area contributed by atoms with Crippen LogP contribution in [0.15, 0.2) is 61.1 Å². The van der Waals surface area contributed by atoms with Gasteiger partial charge in [0.05, 0.1) is 41.7 Å². The van der Waals surface area contributed by atoms with Gasteiger partial charge < -0.3 is 9.72 Å². The maximum Gasteiger partial charge on any atom is 0.159 e. The molecule has 0 bridgehead atoms. The molecule has 0 radical (unpaired) electrons. The van der Waals surface area contributed by atoms with E-state index >= 15 is 0 Å². The Morgan fingerprint density at radius 1 is 1.00 bits per heavy atom. The second-order valence-corrected chi connectivity index (χ2v) is 8.79. The Bertz CT molecular complexity index is 1600. The molecule has 5 heterocycles. The maximum atomic E-state index is 5.30. The molecule has 2 N–H and O–H groups in total. The quantitative estimate of drug-likeness (QED) is 0.373. The summed E-state index contributed by atoms with van der Waals surface area (Å²) < 4.78 is 5.30. The van der Waals surface area contributed by atoms with Crippen molar-refractivity contribution >= 4 is 33.3 Å². The molecule has 5 aromatic heterocycles. The average Bonchev–Trinajstić information content (AvgIpc) is 3.55. The van der Waals surface area contributed by atoms with Crippen LogP contribution in [-0.2, 0) is 0 Å². The van der Waals surface area contributed by atoms with Crippen LogP contribution in [0.4, 0.5) is 0 Å². The number of rotatable bonds is 4. The van der Waals surface area contributed by atoms with Crippen LogP contribution in [0.5, 0.6) is 5.75 Å². The van der Waals surface area contributed by atoms with Crippen molar-refractivity contribution in [1.82, 2.24) is 30.1 Å². The van der Waals surface area contributed by atoms with Gasteiger partial charge in [0.15, 0.2) is 5.82 Å². The number of fused-ring (bicyclic) bond motifs is 2. The van der Waals surface area contributed by atoms with Gasteiger partial charge in [-0.25, -0.2) is 4.98 Å². The lowest BCUT2D eigenvalue weighted by atomic mass is 10.1. The largest absolute Gasteiger partial charge is 0.495 e. The van der Waals surface area contributed by atoms with Gasteiger partial charge >= 0.3 is 0 Å². The van der Waals surface area contributed by atoms with Crippen molar-refractivity contribution in [3.63, 3.8) is 0 Å². The fraction of sp³-hybridized carbons (Fsp3) is 0.0833. The van der Waals surface area contributed by atoms with E-state index < -0.39 is 0 Å². The number of H-pyrrole nitrogens is 2. The molecule has 0 amide bonds. The molecular formula is C24H18N6OS. The van der Waals surface area contributed by atoms with Crippen LogP contribution in [0, 0.1) is 6.92 Å². The first kappa shape index (κ1) is 18.7. The van der Waals surface area contributed by atoms with Crippen molar-refractivity contribution in [3.05, 3.63) is 65.9 Å². The van der Waals surface area contributed by atoms with Crippen molar-refractivity contribution in [1.29, 1.82) is 0 Å². The number of aryl methyl sites for hydroxylation is 1. The van der Waals surface area contributed by atoms with Crippen LogP contribution in [0.25, 0.3) is 55.2 Å². The summed E-state index contributed by atoms with van der Waals surface area (Å²) in [5.74, 6) is 1.40. The number of imidazole rings is 1. The Kier molecular flexibility index (Phi) is 4.26. The van der Waals surface area contributed by atoms with E-state index in [4.69, 9.17) is 9.72 Å². The molecule has 0 aliphatic rings. The number of methoxy groups -OCH3 is 1. The summed E-state index contributed by atoms with van der Waals surface area (Å²) in [5.41, 5.74) is 6.29. The fourth-order valence-corrected chi connectivity index (χ4v) is 4.74. The zero-order valence-electron chi connectivity index (χ0n) is 17.4. The van der Waals surface area contributed by atoms with Gasteiger partial charge in [-0.05, 0) is 37.3 Å². The average molecular weight is 439 g/mol. The zero-order valence-corrected chi connectivity index (χ0v) is 18.2. The van der Waals surface area contributed by atoms with Crippen LogP contribution in [0.2, 0.25) is 0 Å². The minimum Gasteiger partial charge on any atom is -0.495 e. The lowest BCUT2D eigenvalue weighted by Gasteiger charge is -2.03. The molecule has 156 valence electrons. The van der Waals surface area contributed by atoms with E-state index in [2.05, 4.69) is 56.3 Å². The van der Waals surface area contributed by atoms with Crippen LogP contribution in [0.3, 0.4) is 0 Å². The van der Waals surface area contributed by atoms with E-state index in [0.717, 1.165) is 44.5 Å². The summed E-state index contributed by atoms with van der Waals surface area (Å²) in [7, 11) is 1.62. The number of aromatic nitrogens is 6. The number of hydrogen-bond donors (Lipinski definition) is 2.